The third-order valence-electron chi connectivity index (χ3n) is 6.95. The van der Waals surface area contributed by atoms with Crippen LogP contribution in [-0.2, 0) is 0 Å². The van der Waals surface area contributed by atoms with Gasteiger partial charge in [0, 0.05) is 15.3 Å². The van der Waals surface area contributed by atoms with Crippen LogP contribution in [0.5, 0.6) is 0 Å². The Morgan fingerprint density at radius 3 is 2.57 bits per heavy atom. The van der Waals surface area contributed by atoms with Crippen LogP contribution in [0.1, 0.15) is 35.8 Å². The summed E-state index contributed by atoms with van der Waals surface area (Å²) >= 11 is 4.15. The maximum absolute atomic E-state index is 2.50. The molecule has 2 unspecified atom stereocenters. The van der Waals surface area contributed by atoms with E-state index in [2.05, 4.69) is 94.2 Å². The zero-order valence-corrected chi connectivity index (χ0v) is 21.0. The van der Waals surface area contributed by atoms with Crippen molar-refractivity contribution in [2.75, 3.05) is 0 Å². The monoisotopic (exact) mass is 442 g/mol. The molecule has 0 saturated heterocycles. The average molecular weight is 443 g/mol. The molecule has 2 heterocycles. The highest BCUT2D eigenvalue weighted by atomic mass is 32.2. The maximum Gasteiger partial charge on any atom is 0.0633 e. The highest BCUT2D eigenvalue weighted by Crippen LogP contribution is 2.55. The van der Waals surface area contributed by atoms with Gasteiger partial charge in [-0.25, -0.2) is 0 Å². The fourth-order valence-corrected chi connectivity index (χ4v) is 11.5. The molecule has 3 heteroatoms. The van der Waals surface area contributed by atoms with E-state index in [9.17, 15) is 0 Å². The molecule has 3 aliphatic carbocycles. The van der Waals surface area contributed by atoms with Gasteiger partial charge in [0.25, 0.3) is 0 Å². The number of thiophene rings is 1. The Hall–Kier alpha value is -1.81. The van der Waals surface area contributed by atoms with Gasteiger partial charge in [0.1, 0.15) is 0 Å². The molecule has 0 bridgehead atoms. The predicted octanol–water partition coefficient (Wildman–Crippen LogP) is 5.85. The smallest absolute Gasteiger partial charge is 0.0633 e. The van der Waals surface area contributed by atoms with Gasteiger partial charge in [-0.2, -0.15) is 0 Å². The van der Waals surface area contributed by atoms with Crippen LogP contribution in [-0.4, -0.2) is 14.0 Å². The number of hydrogen-bond acceptors (Lipinski definition) is 2. The van der Waals surface area contributed by atoms with E-state index in [1.54, 1.807) is 26.1 Å². The van der Waals surface area contributed by atoms with Crippen molar-refractivity contribution in [3.8, 4) is 0 Å². The topological polar surface area (TPSA) is 0 Å². The normalized spacial score (nSPS) is 24.0. The molecule has 0 spiro atoms. The lowest BCUT2D eigenvalue weighted by atomic mass is 9.82. The van der Waals surface area contributed by atoms with Crippen LogP contribution < -0.4 is 9.75 Å². The van der Waals surface area contributed by atoms with Crippen molar-refractivity contribution in [3.05, 3.63) is 95.4 Å². The second-order valence-corrected chi connectivity index (χ2v) is 14.7. The average Bonchev–Trinajstić information content (AvgIpc) is 3.39. The first kappa shape index (κ1) is 18.9. The van der Waals surface area contributed by atoms with Gasteiger partial charge < -0.3 is 0 Å². The van der Waals surface area contributed by atoms with E-state index in [0.717, 1.165) is 0 Å². The van der Waals surface area contributed by atoms with Crippen LogP contribution in [0.3, 0.4) is 0 Å². The first-order chi connectivity index (χ1) is 14.5. The van der Waals surface area contributed by atoms with E-state index in [-0.39, 0.29) is 0 Å². The molecule has 30 heavy (non-hydrogen) atoms. The molecule has 0 amide bonds. The summed E-state index contributed by atoms with van der Waals surface area (Å²) in [4.78, 5) is 2.97. The first-order valence-electron chi connectivity index (χ1n) is 10.9. The van der Waals surface area contributed by atoms with Crippen LogP contribution in [0.25, 0.3) is 16.8 Å². The van der Waals surface area contributed by atoms with Crippen LogP contribution in [0, 0.1) is 6.92 Å². The maximum atomic E-state index is 2.50. The molecule has 1 aromatic heterocycles. The molecule has 150 valence electrons. The number of fused-ring (bicyclic) bond motifs is 5. The number of hydrogen-bond donors (Lipinski definition) is 0. The van der Waals surface area contributed by atoms with Gasteiger partial charge in [-0.15, -0.1) is 23.1 Å². The molecule has 0 N–H and O–H groups in total. The molecule has 0 radical (unpaired) electrons. The first-order valence-corrected chi connectivity index (χ1v) is 15.5. The Bertz CT molecular complexity index is 1370. The van der Waals surface area contributed by atoms with E-state index in [1.165, 1.54) is 37.6 Å². The van der Waals surface area contributed by atoms with E-state index < -0.39 is 8.80 Å². The largest absolute Gasteiger partial charge is 0.141 e. The zero-order chi connectivity index (χ0) is 20.7. The molecule has 1 aliphatic heterocycles. The lowest BCUT2D eigenvalue weighted by Crippen LogP contribution is -2.22. The Balaban J connectivity index is 1.61. The second kappa shape index (κ2) is 6.59. The highest BCUT2D eigenvalue weighted by molar-refractivity contribution is 8.05. The third kappa shape index (κ3) is 2.46. The SMILES string of the molecule is CC1=CC2C(=C1C1=C(C)SC3C1=c1cc(C)sc1=C3[SiH](C)C)C=Cc1ccccc12. The molecule has 0 saturated carbocycles. The summed E-state index contributed by atoms with van der Waals surface area (Å²) in [5.41, 5.74) is 10.4. The van der Waals surface area contributed by atoms with Crippen molar-refractivity contribution >= 4 is 48.7 Å². The lowest BCUT2D eigenvalue weighted by molar-refractivity contribution is 1.03. The van der Waals surface area contributed by atoms with Gasteiger partial charge in [-0.05, 0) is 81.2 Å². The third-order valence-corrected chi connectivity index (χ3v) is 11.6. The van der Waals surface area contributed by atoms with Gasteiger partial charge in [0.05, 0.1) is 14.0 Å². The highest BCUT2D eigenvalue weighted by Gasteiger charge is 2.41. The molecule has 6 rings (SSSR count). The number of benzene rings is 1. The van der Waals surface area contributed by atoms with E-state index in [4.69, 9.17) is 0 Å². The summed E-state index contributed by atoms with van der Waals surface area (Å²) in [6, 6.07) is 11.4. The number of thioether (sulfide) groups is 1. The Morgan fingerprint density at radius 2 is 1.77 bits per heavy atom. The number of allylic oxidation sites excluding steroid dienone is 7. The van der Waals surface area contributed by atoms with Gasteiger partial charge in [-0.3, -0.25) is 0 Å². The van der Waals surface area contributed by atoms with E-state index in [1.807, 2.05) is 11.3 Å². The van der Waals surface area contributed by atoms with Crippen molar-refractivity contribution in [1.82, 2.24) is 0 Å². The van der Waals surface area contributed by atoms with Gasteiger partial charge >= 0.3 is 0 Å². The zero-order valence-electron chi connectivity index (χ0n) is 18.2. The minimum Gasteiger partial charge on any atom is -0.141 e. The molecule has 1 aromatic carbocycles. The minimum absolute atomic E-state index is 0.402. The van der Waals surface area contributed by atoms with Crippen LogP contribution in [0.15, 0.2) is 69.7 Å². The summed E-state index contributed by atoms with van der Waals surface area (Å²) in [6.45, 7) is 12.0. The van der Waals surface area contributed by atoms with Gasteiger partial charge in [0.15, 0.2) is 0 Å². The van der Waals surface area contributed by atoms with Crippen molar-refractivity contribution in [2.45, 2.75) is 45.0 Å². The Labute approximate surface area is 188 Å². The summed E-state index contributed by atoms with van der Waals surface area (Å²) in [7, 11) is -0.885. The summed E-state index contributed by atoms with van der Waals surface area (Å²) < 4.78 is 1.61. The summed E-state index contributed by atoms with van der Waals surface area (Å²) in [5, 5.41) is 3.89. The Kier molecular flexibility index (Phi) is 4.16. The van der Waals surface area contributed by atoms with Gasteiger partial charge in [-0.1, -0.05) is 55.6 Å². The van der Waals surface area contributed by atoms with Crippen LogP contribution >= 0.6 is 23.1 Å². The molecule has 4 aliphatic rings. The quantitative estimate of drug-likeness (QED) is 0.525. The fourth-order valence-electron chi connectivity index (χ4n) is 5.75. The van der Waals surface area contributed by atoms with E-state index >= 15 is 0 Å². The molecule has 2 aromatic rings. The number of rotatable bonds is 2. The van der Waals surface area contributed by atoms with Crippen molar-refractivity contribution in [2.24, 2.45) is 0 Å². The standard InChI is InChI=1S/C27H26S2Si/c1-14-12-20-18-9-7-6-8-17(18)10-11-19(20)22(14)23-16(3)29-26-24(23)21-13-15(2)28-25(21)27(26)30(4)5/h6-13,20,26,30H,1-5H3. The molecule has 0 fully saturated rings. The fraction of sp³-hybridized carbons (Fsp3) is 0.259. The van der Waals surface area contributed by atoms with Crippen LogP contribution in [0.4, 0.5) is 0 Å². The summed E-state index contributed by atoms with van der Waals surface area (Å²) in [5.74, 6) is 0.402. The molecule has 2 atom stereocenters. The second-order valence-electron chi connectivity index (χ2n) is 9.17. The van der Waals surface area contributed by atoms with Crippen molar-refractivity contribution in [3.63, 3.8) is 0 Å². The summed E-state index contributed by atoms with van der Waals surface area (Å²) in [6.07, 6.45) is 7.22. The molecular formula is C27H26S2Si. The predicted molar refractivity (Wildman–Crippen MR) is 137 cm³/mol. The molecule has 0 nitrogen and oxygen atoms in total. The lowest BCUT2D eigenvalue weighted by Gasteiger charge is -2.21. The van der Waals surface area contributed by atoms with Crippen molar-refractivity contribution < 1.29 is 0 Å². The van der Waals surface area contributed by atoms with Gasteiger partial charge in [0.2, 0.25) is 0 Å². The van der Waals surface area contributed by atoms with E-state index in [0.29, 0.717) is 11.2 Å². The minimum atomic E-state index is -0.885. The van der Waals surface area contributed by atoms with Crippen molar-refractivity contribution in [1.29, 1.82) is 0 Å². The molecular weight excluding hydrogens is 417 g/mol. The Morgan fingerprint density at radius 1 is 0.967 bits per heavy atom. The number of aryl methyl sites for hydroxylation is 1. The van der Waals surface area contributed by atoms with Crippen LogP contribution in [0.2, 0.25) is 13.1 Å².